The highest BCUT2D eigenvalue weighted by Gasteiger charge is 2.66. The van der Waals surface area contributed by atoms with E-state index in [-0.39, 0.29) is 11.5 Å². The Labute approximate surface area is 158 Å². The Hall–Kier alpha value is -0.640. The highest BCUT2D eigenvalue weighted by molar-refractivity contribution is 5.47. The summed E-state index contributed by atoms with van der Waals surface area (Å²) in [6.45, 7) is 5.01. The van der Waals surface area contributed by atoms with Gasteiger partial charge >= 0.3 is 0 Å². The number of allylic oxidation sites excluding steroid dienone is 3. The first kappa shape index (κ1) is 17.5. The molecule has 2 N–H and O–H groups in total. The molecule has 26 heavy (non-hydrogen) atoms. The fourth-order valence-electron chi connectivity index (χ4n) is 8.06. The lowest BCUT2D eigenvalue weighted by Gasteiger charge is -2.56. The van der Waals surface area contributed by atoms with Gasteiger partial charge in [0.2, 0.25) is 0 Å². The summed E-state index contributed by atoms with van der Waals surface area (Å²) in [7, 11) is 4.09. The molecule has 3 saturated carbocycles. The van der Waals surface area contributed by atoms with E-state index in [1.807, 2.05) is 14.1 Å². The fraction of sp³-hybridized carbons (Fsp3) is 0.826. The lowest BCUT2D eigenvalue weighted by molar-refractivity contribution is -0.0642. The minimum atomic E-state index is -0.705. The molecule has 3 nitrogen and oxygen atoms in total. The van der Waals surface area contributed by atoms with Gasteiger partial charge in [-0.2, -0.15) is 0 Å². The van der Waals surface area contributed by atoms with Crippen LogP contribution in [0.1, 0.15) is 58.8 Å². The van der Waals surface area contributed by atoms with E-state index in [0.717, 1.165) is 23.8 Å². The molecule has 144 valence electrons. The van der Waals surface area contributed by atoms with Gasteiger partial charge in [0.15, 0.2) is 0 Å². The molecular weight excluding hydrogens is 322 g/mol. The van der Waals surface area contributed by atoms with E-state index in [9.17, 15) is 10.2 Å². The third kappa shape index (κ3) is 1.90. The molecule has 0 heterocycles. The maximum atomic E-state index is 11.0. The monoisotopic (exact) mass is 357 g/mol. The van der Waals surface area contributed by atoms with E-state index in [0.29, 0.717) is 10.8 Å². The SMILES string of the molecule is C[C@H]1CC[C@H]2[C@@]34CC[C@]5(C[C@H](N(C)C)[C@@H](O)[C@H](O)C5=CC3=CC[C@]12C)C4. The number of likely N-dealkylation sites (N-methyl/N-ethyl adjacent to an activating group) is 1. The molecule has 8 atom stereocenters. The van der Waals surface area contributed by atoms with Crippen molar-refractivity contribution in [2.45, 2.75) is 77.0 Å². The summed E-state index contributed by atoms with van der Waals surface area (Å²) in [5, 5.41) is 21.7. The van der Waals surface area contributed by atoms with Gasteiger partial charge in [0.25, 0.3) is 0 Å². The van der Waals surface area contributed by atoms with E-state index in [1.165, 1.54) is 44.1 Å². The van der Waals surface area contributed by atoms with E-state index in [4.69, 9.17) is 0 Å². The molecule has 5 aliphatic carbocycles. The zero-order chi connectivity index (χ0) is 18.5. The number of rotatable bonds is 1. The lowest BCUT2D eigenvalue weighted by atomic mass is 9.50. The number of hydrogen-bond donors (Lipinski definition) is 2. The van der Waals surface area contributed by atoms with Crippen LogP contribution in [0.25, 0.3) is 0 Å². The lowest BCUT2D eigenvalue weighted by Crippen LogP contribution is -2.57. The van der Waals surface area contributed by atoms with Crippen molar-refractivity contribution in [1.82, 2.24) is 4.90 Å². The molecule has 0 saturated heterocycles. The van der Waals surface area contributed by atoms with Gasteiger partial charge in [0.05, 0.1) is 6.10 Å². The summed E-state index contributed by atoms with van der Waals surface area (Å²) in [4.78, 5) is 2.12. The van der Waals surface area contributed by atoms with Gasteiger partial charge in [-0.3, -0.25) is 0 Å². The van der Waals surface area contributed by atoms with Crippen LogP contribution in [0.2, 0.25) is 0 Å². The van der Waals surface area contributed by atoms with E-state index < -0.39 is 12.2 Å². The first-order valence-electron chi connectivity index (χ1n) is 10.7. The molecule has 0 aliphatic heterocycles. The van der Waals surface area contributed by atoms with Crippen LogP contribution in [0.3, 0.4) is 0 Å². The number of nitrogens with zero attached hydrogens (tertiary/aromatic N) is 1. The third-order valence-electron chi connectivity index (χ3n) is 9.74. The molecule has 3 fully saturated rings. The second-order valence-corrected chi connectivity index (χ2v) is 10.8. The van der Waals surface area contributed by atoms with E-state index >= 15 is 0 Å². The molecule has 0 aromatic rings. The summed E-state index contributed by atoms with van der Waals surface area (Å²) in [5.74, 6) is 1.61. The molecular formula is C23H35NO2. The molecule has 0 amide bonds. The third-order valence-corrected chi connectivity index (χ3v) is 9.74. The topological polar surface area (TPSA) is 43.7 Å². The summed E-state index contributed by atoms with van der Waals surface area (Å²) in [5.41, 5.74) is 3.55. The second-order valence-electron chi connectivity index (χ2n) is 10.8. The number of hydrogen-bond acceptors (Lipinski definition) is 3. The van der Waals surface area contributed by atoms with Gasteiger partial charge in [-0.25, -0.2) is 0 Å². The summed E-state index contributed by atoms with van der Waals surface area (Å²) < 4.78 is 0. The highest BCUT2D eigenvalue weighted by Crippen LogP contribution is 2.74. The van der Waals surface area contributed by atoms with Gasteiger partial charge in [0.1, 0.15) is 6.10 Å². The molecule has 2 bridgehead atoms. The van der Waals surface area contributed by atoms with Gasteiger partial charge < -0.3 is 15.1 Å². The van der Waals surface area contributed by atoms with Crippen molar-refractivity contribution in [3.05, 3.63) is 23.3 Å². The van der Waals surface area contributed by atoms with Gasteiger partial charge in [-0.05, 0) is 98.3 Å². The summed E-state index contributed by atoms with van der Waals surface area (Å²) >= 11 is 0. The number of fused-ring (bicyclic) bond motifs is 1. The quantitative estimate of drug-likeness (QED) is 0.755. The minimum absolute atomic E-state index is 0.0558. The molecule has 0 aromatic carbocycles. The van der Waals surface area contributed by atoms with Crippen molar-refractivity contribution in [3.63, 3.8) is 0 Å². The first-order chi connectivity index (χ1) is 12.2. The van der Waals surface area contributed by atoms with Crippen LogP contribution in [0.5, 0.6) is 0 Å². The van der Waals surface area contributed by atoms with Crippen LogP contribution in [-0.2, 0) is 0 Å². The minimum Gasteiger partial charge on any atom is -0.388 e. The molecule has 5 aliphatic rings. The highest BCUT2D eigenvalue weighted by atomic mass is 16.3. The molecule has 3 heteroatoms. The Balaban J connectivity index is 1.62. The van der Waals surface area contributed by atoms with Gasteiger partial charge in [-0.15, -0.1) is 0 Å². The van der Waals surface area contributed by atoms with Crippen molar-refractivity contribution in [3.8, 4) is 0 Å². The van der Waals surface area contributed by atoms with E-state index in [1.54, 1.807) is 0 Å². The van der Waals surface area contributed by atoms with Crippen molar-refractivity contribution >= 4 is 0 Å². The Morgan fingerprint density at radius 1 is 1.15 bits per heavy atom. The van der Waals surface area contributed by atoms with Crippen molar-refractivity contribution in [1.29, 1.82) is 0 Å². The summed E-state index contributed by atoms with van der Waals surface area (Å²) in [6, 6.07) is 0.0558. The van der Waals surface area contributed by atoms with Crippen LogP contribution in [0.15, 0.2) is 23.3 Å². The Kier molecular flexibility index (Phi) is 3.52. The molecule has 0 aromatic heterocycles. The average molecular weight is 358 g/mol. The zero-order valence-corrected chi connectivity index (χ0v) is 16.8. The normalized spacial score (nSPS) is 55.1. The van der Waals surface area contributed by atoms with Crippen molar-refractivity contribution in [2.75, 3.05) is 14.1 Å². The predicted molar refractivity (Wildman–Crippen MR) is 104 cm³/mol. The van der Waals surface area contributed by atoms with Gasteiger partial charge in [0, 0.05) is 6.04 Å². The second kappa shape index (κ2) is 5.24. The number of aliphatic hydroxyl groups is 2. The van der Waals surface area contributed by atoms with E-state index in [2.05, 4.69) is 30.9 Å². The molecule has 0 unspecified atom stereocenters. The zero-order valence-electron chi connectivity index (χ0n) is 16.8. The Bertz CT molecular complexity index is 696. The smallest absolute Gasteiger partial charge is 0.103 e. The van der Waals surface area contributed by atoms with Crippen LogP contribution >= 0.6 is 0 Å². The van der Waals surface area contributed by atoms with Crippen molar-refractivity contribution < 1.29 is 10.2 Å². The molecule has 5 rings (SSSR count). The molecule has 2 spiro atoms. The predicted octanol–water partition coefficient (Wildman–Crippen LogP) is 3.52. The van der Waals surface area contributed by atoms with Crippen molar-refractivity contribution in [2.24, 2.45) is 28.1 Å². The van der Waals surface area contributed by atoms with Crippen LogP contribution in [0.4, 0.5) is 0 Å². The maximum absolute atomic E-state index is 11.0. The summed E-state index contributed by atoms with van der Waals surface area (Å²) in [6.07, 6.45) is 12.1. The first-order valence-corrected chi connectivity index (χ1v) is 10.7. The maximum Gasteiger partial charge on any atom is 0.103 e. The largest absolute Gasteiger partial charge is 0.388 e. The standard InChI is InChI=1S/C23H35NO2/c1-14-5-6-18-21(14,2)8-7-15-11-16-19(25)20(26)17(24(3)4)12-22(16)9-10-23(15,18)13-22/h7,11,14,17-20,25-26H,5-6,8-10,12-13H2,1-4H3/t14-,17-,18+,19+,20+,21+,22-,23+/m0/s1. The van der Waals surface area contributed by atoms with Crippen LogP contribution in [0, 0.1) is 28.1 Å². The van der Waals surface area contributed by atoms with Gasteiger partial charge in [-0.1, -0.05) is 26.0 Å². The Morgan fingerprint density at radius 2 is 1.92 bits per heavy atom. The number of aliphatic hydroxyl groups excluding tert-OH is 2. The fourth-order valence-corrected chi connectivity index (χ4v) is 8.06. The van der Waals surface area contributed by atoms with Crippen LogP contribution < -0.4 is 0 Å². The van der Waals surface area contributed by atoms with Crippen LogP contribution in [-0.4, -0.2) is 47.5 Å². The average Bonchev–Trinajstić information content (AvgIpc) is 3.07. The Morgan fingerprint density at radius 3 is 2.65 bits per heavy atom. The molecule has 0 radical (unpaired) electrons.